The van der Waals surface area contributed by atoms with Gasteiger partial charge in [-0.3, -0.25) is 0 Å². The first-order valence-corrected chi connectivity index (χ1v) is 5.30. The number of nitrogens with zero attached hydrogens (tertiary/aromatic N) is 2. The highest BCUT2D eigenvalue weighted by molar-refractivity contribution is 6.28. The Morgan fingerprint density at radius 1 is 1.11 bits per heavy atom. The molecule has 0 atom stereocenters. The van der Waals surface area contributed by atoms with Gasteiger partial charge in [0.1, 0.15) is 0 Å². The maximum atomic E-state index is 13.2. The summed E-state index contributed by atoms with van der Waals surface area (Å²) in [5, 5.41) is 2.51. The smallest absolute Gasteiger partial charge is 0.224 e. The number of nitrogens with one attached hydrogen (secondary N) is 1. The lowest BCUT2D eigenvalue weighted by atomic mass is 10.2. The van der Waals surface area contributed by atoms with Gasteiger partial charge < -0.3 is 5.32 Å². The molecule has 18 heavy (non-hydrogen) atoms. The average molecular weight is 274 g/mol. The molecule has 1 aromatic heterocycles. The summed E-state index contributed by atoms with van der Waals surface area (Å²) in [5.74, 6) is -2.67. The number of anilines is 1. The molecule has 0 spiro atoms. The van der Waals surface area contributed by atoms with Crippen LogP contribution >= 0.6 is 11.6 Å². The summed E-state index contributed by atoms with van der Waals surface area (Å²) in [6.45, 7) is 0.0848. The molecular weight excluding hydrogens is 267 g/mol. The number of benzene rings is 1. The van der Waals surface area contributed by atoms with E-state index in [9.17, 15) is 13.2 Å². The van der Waals surface area contributed by atoms with Crippen molar-refractivity contribution in [3.8, 4) is 0 Å². The van der Waals surface area contributed by atoms with Gasteiger partial charge in [-0.1, -0.05) is 6.07 Å². The van der Waals surface area contributed by atoms with E-state index in [1.165, 1.54) is 6.07 Å². The Morgan fingerprint density at radius 3 is 2.61 bits per heavy atom. The quantitative estimate of drug-likeness (QED) is 0.873. The van der Waals surface area contributed by atoms with Crippen LogP contribution in [0.25, 0.3) is 0 Å². The fourth-order valence-corrected chi connectivity index (χ4v) is 1.44. The Morgan fingerprint density at radius 2 is 1.89 bits per heavy atom. The van der Waals surface area contributed by atoms with Crippen LogP contribution in [-0.4, -0.2) is 9.97 Å². The molecule has 0 saturated carbocycles. The minimum Gasteiger partial charge on any atom is -0.363 e. The first-order valence-electron chi connectivity index (χ1n) is 4.92. The summed E-state index contributed by atoms with van der Waals surface area (Å²) >= 11 is 5.51. The molecule has 2 rings (SSSR count). The summed E-state index contributed by atoms with van der Waals surface area (Å²) in [5.41, 5.74) is 0.447. The summed E-state index contributed by atoms with van der Waals surface area (Å²) in [6.07, 6.45) is 0.920. The SMILES string of the molecule is Fc1ccc(CNc2nc(Cl)ncc2F)cc1F. The van der Waals surface area contributed by atoms with E-state index in [1.54, 1.807) is 0 Å². The van der Waals surface area contributed by atoms with Crippen LogP contribution in [0.3, 0.4) is 0 Å². The zero-order valence-electron chi connectivity index (χ0n) is 8.92. The van der Waals surface area contributed by atoms with Gasteiger partial charge in [0, 0.05) is 6.54 Å². The van der Waals surface area contributed by atoms with Crippen LogP contribution in [0.1, 0.15) is 5.56 Å². The third-order valence-corrected chi connectivity index (χ3v) is 2.34. The molecule has 0 saturated heterocycles. The molecule has 0 fully saturated rings. The van der Waals surface area contributed by atoms with Crippen molar-refractivity contribution in [2.75, 3.05) is 5.32 Å². The summed E-state index contributed by atoms with van der Waals surface area (Å²) in [6, 6.07) is 3.39. The van der Waals surface area contributed by atoms with Crippen molar-refractivity contribution in [3.63, 3.8) is 0 Å². The van der Waals surface area contributed by atoms with Crippen LogP contribution in [0.5, 0.6) is 0 Å². The molecule has 2 aromatic rings. The van der Waals surface area contributed by atoms with E-state index >= 15 is 0 Å². The Balaban J connectivity index is 2.11. The molecule has 7 heteroatoms. The number of halogens is 4. The normalized spacial score (nSPS) is 10.4. The van der Waals surface area contributed by atoms with Crippen molar-refractivity contribution < 1.29 is 13.2 Å². The highest BCUT2D eigenvalue weighted by Gasteiger charge is 2.07. The minimum atomic E-state index is -0.963. The lowest BCUT2D eigenvalue weighted by molar-refractivity contribution is 0.507. The van der Waals surface area contributed by atoms with Gasteiger partial charge in [0.2, 0.25) is 5.28 Å². The van der Waals surface area contributed by atoms with Crippen LogP contribution in [0.4, 0.5) is 19.0 Å². The third-order valence-electron chi connectivity index (χ3n) is 2.16. The highest BCUT2D eigenvalue weighted by atomic mass is 35.5. The molecule has 1 aromatic carbocycles. The average Bonchev–Trinajstić information content (AvgIpc) is 2.34. The highest BCUT2D eigenvalue weighted by Crippen LogP contribution is 2.14. The van der Waals surface area contributed by atoms with E-state index in [0.717, 1.165) is 18.3 Å². The Labute approximate surface area is 106 Å². The van der Waals surface area contributed by atoms with Crippen molar-refractivity contribution in [3.05, 3.63) is 52.7 Å². The number of hydrogen-bond acceptors (Lipinski definition) is 3. The molecule has 0 aliphatic heterocycles. The van der Waals surface area contributed by atoms with Crippen molar-refractivity contribution in [2.24, 2.45) is 0 Å². The molecule has 0 unspecified atom stereocenters. The fraction of sp³-hybridized carbons (Fsp3) is 0.0909. The monoisotopic (exact) mass is 273 g/mol. The second kappa shape index (κ2) is 5.22. The molecule has 0 bridgehead atoms. The third kappa shape index (κ3) is 2.89. The van der Waals surface area contributed by atoms with Crippen molar-refractivity contribution in [2.45, 2.75) is 6.54 Å². The van der Waals surface area contributed by atoms with E-state index in [2.05, 4.69) is 15.3 Å². The van der Waals surface area contributed by atoms with E-state index in [4.69, 9.17) is 11.6 Å². The van der Waals surface area contributed by atoms with Crippen LogP contribution in [-0.2, 0) is 6.54 Å². The zero-order chi connectivity index (χ0) is 13.1. The fourth-order valence-electron chi connectivity index (χ4n) is 1.30. The summed E-state index contributed by atoms with van der Waals surface area (Å²) < 4.78 is 38.8. The molecule has 0 aliphatic rings. The van der Waals surface area contributed by atoms with Crippen molar-refractivity contribution in [1.29, 1.82) is 0 Å². The second-order valence-electron chi connectivity index (χ2n) is 3.44. The van der Waals surface area contributed by atoms with Crippen molar-refractivity contribution in [1.82, 2.24) is 9.97 Å². The lowest BCUT2D eigenvalue weighted by Crippen LogP contribution is -2.05. The molecule has 0 radical (unpaired) electrons. The first-order chi connectivity index (χ1) is 8.56. The standard InChI is InChI=1S/C11H7ClF3N3/c12-11-17-5-9(15)10(18-11)16-4-6-1-2-7(13)8(14)3-6/h1-3,5H,4H2,(H,16,17,18). The molecular formula is C11H7ClF3N3. The van der Waals surface area contributed by atoms with Gasteiger partial charge in [-0.25, -0.2) is 18.2 Å². The summed E-state index contributed by atoms with van der Waals surface area (Å²) in [7, 11) is 0. The summed E-state index contributed by atoms with van der Waals surface area (Å²) in [4.78, 5) is 7.08. The van der Waals surface area contributed by atoms with Gasteiger partial charge in [-0.05, 0) is 29.3 Å². The largest absolute Gasteiger partial charge is 0.363 e. The molecule has 94 valence electrons. The van der Waals surface area contributed by atoms with Crippen LogP contribution in [0.2, 0.25) is 5.28 Å². The van der Waals surface area contributed by atoms with Gasteiger partial charge in [0.15, 0.2) is 23.3 Å². The van der Waals surface area contributed by atoms with Gasteiger partial charge in [0.25, 0.3) is 0 Å². The second-order valence-corrected chi connectivity index (χ2v) is 3.78. The molecule has 0 amide bonds. The van der Waals surface area contributed by atoms with Gasteiger partial charge in [-0.2, -0.15) is 4.98 Å². The van der Waals surface area contributed by atoms with Crippen LogP contribution in [0.15, 0.2) is 24.4 Å². The minimum absolute atomic E-state index is 0.0848. The first kappa shape index (κ1) is 12.6. The molecule has 1 heterocycles. The van der Waals surface area contributed by atoms with E-state index in [1.807, 2.05) is 0 Å². The number of hydrogen-bond donors (Lipinski definition) is 1. The van der Waals surface area contributed by atoms with E-state index < -0.39 is 17.5 Å². The van der Waals surface area contributed by atoms with E-state index in [-0.39, 0.29) is 17.6 Å². The molecule has 0 aliphatic carbocycles. The lowest BCUT2D eigenvalue weighted by Gasteiger charge is -2.06. The van der Waals surface area contributed by atoms with Crippen LogP contribution in [0, 0.1) is 17.5 Å². The van der Waals surface area contributed by atoms with Crippen LogP contribution < -0.4 is 5.32 Å². The zero-order valence-corrected chi connectivity index (χ0v) is 9.68. The number of aromatic nitrogens is 2. The van der Waals surface area contributed by atoms with Gasteiger partial charge in [0.05, 0.1) is 6.20 Å². The Kier molecular flexibility index (Phi) is 3.66. The maximum Gasteiger partial charge on any atom is 0.224 e. The molecule has 1 N–H and O–H groups in total. The Bertz CT molecular complexity index is 577. The maximum absolute atomic E-state index is 13.2. The van der Waals surface area contributed by atoms with Gasteiger partial charge >= 0.3 is 0 Å². The van der Waals surface area contributed by atoms with Gasteiger partial charge in [-0.15, -0.1) is 0 Å². The van der Waals surface area contributed by atoms with Crippen molar-refractivity contribution >= 4 is 17.4 Å². The molecule has 3 nitrogen and oxygen atoms in total. The predicted molar refractivity (Wildman–Crippen MR) is 60.7 cm³/mol. The predicted octanol–water partition coefficient (Wildman–Crippen LogP) is 3.16. The Hall–Kier alpha value is -1.82. The topological polar surface area (TPSA) is 37.8 Å². The van der Waals surface area contributed by atoms with E-state index in [0.29, 0.717) is 5.56 Å². The number of rotatable bonds is 3.